The van der Waals surface area contributed by atoms with Crippen molar-refractivity contribution in [2.24, 2.45) is 4.99 Å². The van der Waals surface area contributed by atoms with E-state index in [2.05, 4.69) is 4.99 Å². The molecule has 1 aliphatic rings. The molecule has 1 aromatic rings. The molecular weight excluding hydrogens is 316 g/mol. The Morgan fingerprint density at radius 2 is 2.04 bits per heavy atom. The average Bonchev–Trinajstić information content (AvgIpc) is 2.92. The van der Waals surface area contributed by atoms with E-state index in [0.717, 1.165) is 0 Å². The van der Waals surface area contributed by atoms with Crippen LogP contribution in [0.1, 0.15) is 25.0 Å². The lowest BCUT2D eigenvalue weighted by molar-refractivity contribution is -0.146. The number of methoxy groups -OCH3 is 1. The second kappa shape index (κ2) is 6.35. The topological polar surface area (TPSA) is 45.1 Å². The molecule has 1 aliphatic heterocycles. The largest absolute Gasteiger partial charge is 0.493 e. The third-order valence-corrected chi connectivity index (χ3v) is 3.72. The van der Waals surface area contributed by atoms with Gasteiger partial charge >= 0.3 is 6.18 Å². The number of benzene rings is 1. The first-order chi connectivity index (χ1) is 10.7. The molecule has 0 fully saturated rings. The number of amidine groups is 1. The van der Waals surface area contributed by atoms with Crippen LogP contribution in [0.25, 0.3) is 0 Å². The fourth-order valence-electron chi connectivity index (χ4n) is 2.51. The molecule has 1 N–H and O–H groups in total. The first-order valence-corrected chi connectivity index (χ1v) is 7.08. The van der Waals surface area contributed by atoms with Crippen LogP contribution in [0, 0.1) is 5.82 Å². The van der Waals surface area contributed by atoms with E-state index in [1.807, 2.05) is 0 Å². The maximum atomic E-state index is 14.6. The standard InChI is InChI=1S/C15H18F4N2O2/c1-8(2)21-6-11(15(17,18)19)20-14(21)10-5-4-9(7-22)13(23-3)12(10)16/h4-5,8,11,22H,6-7H2,1-3H3. The van der Waals surface area contributed by atoms with Crippen LogP contribution in [0.5, 0.6) is 5.75 Å². The van der Waals surface area contributed by atoms with Crippen molar-refractivity contribution in [3.05, 3.63) is 29.1 Å². The molecule has 0 amide bonds. The van der Waals surface area contributed by atoms with Gasteiger partial charge in [0.1, 0.15) is 5.84 Å². The van der Waals surface area contributed by atoms with Gasteiger partial charge in [0.25, 0.3) is 0 Å². The van der Waals surface area contributed by atoms with Crippen LogP contribution in [-0.4, -0.2) is 47.8 Å². The number of alkyl halides is 3. The van der Waals surface area contributed by atoms with Crippen molar-refractivity contribution < 1.29 is 27.4 Å². The molecule has 0 radical (unpaired) electrons. The number of aliphatic hydroxyl groups excluding tert-OH is 1. The minimum atomic E-state index is -4.49. The maximum absolute atomic E-state index is 14.6. The summed E-state index contributed by atoms with van der Waals surface area (Å²) in [7, 11) is 1.23. The summed E-state index contributed by atoms with van der Waals surface area (Å²) in [4.78, 5) is 5.09. The van der Waals surface area contributed by atoms with Gasteiger partial charge in [-0.25, -0.2) is 4.39 Å². The summed E-state index contributed by atoms with van der Waals surface area (Å²) < 4.78 is 58.4. The lowest BCUT2D eigenvalue weighted by Gasteiger charge is -2.26. The highest BCUT2D eigenvalue weighted by molar-refractivity contribution is 6.01. The molecule has 4 nitrogen and oxygen atoms in total. The normalized spacial score (nSPS) is 18.6. The fraction of sp³-hybridized carbons (Fsp3) is 0.533. The summed E-state index contributed by atoms with van der Waals surface area (Å²) in [5.41, 5.74) is 0.148. The zero-order valence-corrected chi connectivity index (χ0v) is 13.0. The third-order valence-electron chi connectivity index (χ3n) is 3.72. The molecule has 0 saturated carbocycles. The van der Waals surface area contributed by atoms with Crippen molar-refractivity contribution in [2.45, 2.75) is 38.7 Å². The van der Waals surface area contributed by atoms with Gasteiger partial charge in [0.2, 0.25) is 0 Å². The van der Waals surface area contributed by atoms with Gasteiger partial charge in [-0.3, -0.25) is 4.99 Å². The molecule has 23 heavy (non-hydrogen) atoms. The molecule has 0 aromatic heterocycles. The maximum Gasteiger partial charge on any atom is 0.412 e. The highest BCUT2D eigenvalue weighted by Crippen LogP contribution is 2.33. The van der Waals surface area contributed by atoms with Crippen LogP contribution < -0.4 is 4.74 Å². The van der Waals surface area contributed by atoms with E-state index in [-0.39, 0.29) is 35.3 Å². The van der Waals surface area contributed by atoms with Gasteiger partial charge in [-0.05, 0) is 19.9 Å². The first-order valence-electron chi connectivity index (χ1n) is 7.08. The Bertz CT molecular complexity index is 614. The molecule has 128 valence electrons. The van der Waals surface area contributed by atoms with Crippen LogP contribution in [-0.2, 0) is 6.61 Å². The first kappa shape index (κ1) is 17.5. The van der Waals surface area contributed by atoms with Crippen LogP contribution in [0.4, 0.5) is 17.6 Å². The lowest BCUT2D eigenvalue weighted by Crippen LogP contribution is -2.39. The highest BCUT2D eigenvalue weighted by atomic mass is 19.4. The highest BCUT2D eigenvalue weighted by Gasteiger charge is 2.46. The molecule has 0 saturated heterocycles. The molecule has 0 aliphatic carbocycles. The van der Waals surface area contributed by atoms with E-state index in [0.29, 0.717) is 0 Å². The SMILES string of the molecule is COc1c(CO)ccc(C2=NC(C(F)(F)F)CN2C(C)C)c1F. The van der Waals surface area contributed by atoms with E-state index >= 15 is 0 Å². The Morgan fingerprint density at radius 1 is 1.39 bits per heavy atom. The Hall–Kier alpha value is -1.83. The van der Waals surface area contributed by atoms with E-state index < -0.39 is 24.6 Å². The summed E-state index contributed by atoms with van der Waals surface area (Å²) in [5.74, 6) is -1.07. The van der Waals surface area contributed by atoms with Crippen molar-refractivity contribution >= 4 is 5.84 Å². The predicted molar refractivity (Wildman–Crippen MR) is 77.1 cm³/mol. The van der Waals surface area contributed by atoms with Gasteiger partial charge in [0.15, 0.2) is 17.6 Å². The van der Waals surface area contributed by atoms with E-state index in [1.54, 1.807) is 13.8 Å². The summed E-state index contributed by atoms with van der Waals surface area (Å²) in [5, 5.41) is 9.18. The quantitative estimate of drug-likeness (QED) is 0.861. The van der Waals surface area contributed by atoms with Crippen LogP contribution in [0.15, 0.2) is 17.1 Å². The Balaban J connectivity index is 2.54. The molecule has 1 heterocycles. The monoisotopic (exact) mass is 334 g/mol. The smallest absolute Gasteiger partial charge is 0.412 e. The number of rotatable bonds is 4. The van der Waals surface area contributed by atoms with E-state index in [4.69, 9.17) is 4.74 Å². The van der Waals surface area contributed by atoms with Crippen molar-refractivity contribution in [2.75, 3.05) is 13.7 Å². The number of aliphatic imine (C=N–C) groups is 1. The zero-order valence-electron chi connectivity index (χ0n) is 13.0. The Kier molecular flexibility index (Phi) is 4.84. The number of ether oxygens (including phenoxy) is 1. The summed E-state index contributed by atoms with van der Waals surface area (Å²) in [6, 6.07) is 0.571. The van der Waals surface area contributed by atoms with Crippen molar-refractivity contribution in [3.8, 4) is 5.75 Å². The molecule has 1 aromatic carbocycles. The number of aliphatic hydroxyl groups is 1. The number of hydrogen-bond acceptors (Lipinski definition) is 4. The number of nitrogens with zero attached hydrogens (tertiary/aromatic N) is 2. The van der Waals surface area contributed by atoms with E-state index in [9.17, 15) is 22.7 Å². The van der Waals surface area contributed by atoms with Crippen LogP contribution >= 0.6 is 0 Å². The molecule has 0 spiro atoms. The van der Waals surface area contributed by atoms with Gasteiger partial charge < -0.3 is 14.7 Å². The Morgan fingerprint density at radius 3 is 2.52 bits per heavy atom. The third kappa shape index (κ3) is 3.26. The molecule has 8 heteroatoms. The second-order valence-electron chi connectivity index (χ2n) is 5.53. The number of halogens is 4. The lowest BCUT2D eigenvalue weighted by atomic mass is 10.1. The summed E-state index contributed by atoms with van der Waals surface area (Å²) in [6.45, 7) is 2.64. The minimum absolute atomic E-state index is 0.0531. The predicted octanol–water partition coefficient (Wildman–Crippen LogP) is 2.73. The minimum Gasteiger partial charge on any atom is -0.493 e. The zero-order chi connectivity index (χ0) is 17.4. The average molecular weight is 334 g/mol. The van der Waals surface area contributed by atoms with Crippen LogP contribution in [0.2, 0.25) is 0 Å². The van der Waals surface area contributed by atoms with Gasteiger partial charge in [0, 0.05) is 11.6 Å². The molecule has 1 unspecified atom stereocenters. The summed E-state index contributed by atoms with van der Waals surface area (Å²) >= 11 is 0. The van der Waals surface area contributed by atoms with Gasteiger partial charge in [-0.2, -0.15) is 13.2 Å². The molecule has 1 atom stereocenters. The molecule has 0 bridgehead atoms. The van der Waals surface area contributed by atoms with Crippen molar-refractivity contribution in [1.29, 1.82) is 0 Å². The fourth-order valence-corrected chi connectivity index (χ4v) is 2.51. The number of hydrogen-bond donors (Lipinski definition) is 1. The van der Waals surface area contributed by atoms with Crippen LogP contribution in [0.3, 0.4) is 0 Å². The van der Waals surface area contributed by atoms with Crippen molar-refractivity contribution in [3.63, 3.8) is 0 Å². The molecule has 2 rings (SSSR count). The summed E-state index contributed by atoms with van der Waals surface area (Å²) in [6.07, 6.45) is -4.49. The van der Waals surface area contributed by atoms with Gasteiger partial charge in [0.05, 0.1) is 25.8 Å². The second-order valence-corrected chi connectivity index (χ2v) is 5.53. The Labute approximate surface area is 131 Å². The van der Waals surface area contributed by atoms with E-state index in [1.165, 1.54) is 24.1 Å². The van der Waals surface area contributed by atoms with Gasteiger partial charge in [-0.1, -0.05) is 6.07 Å². The molecular formula is C15H18F4N2O2. The van der Waals surface area contributed by atoms with Gasteiger partial charge in [-0.15, -0.1) is 0 Å². The van der Waals surface area contributed by atoms with Crippen molar-refractivity contribution in [1.82, 2.24) is 4.90 Å².